The SMILES string of the molecule is Cl.O=C1C2C3C=CC(C3)C2C(=O)N1CCNC(=O)[C@@]12CCCC[C@H]1CNC2. The van der Waals surface area contributed by atoms with Gasteiger partial charge in [0.15, 0.2) is 0 Å². The number of nitrogens with one attached hydrogen (secondary N) is 2. The lowest BCUT2D eigenvalue weighted by Gasteiger charge is -2.37. The quantitative estimate of drug-likeness (QED) is 0.554. The van der Waals surface area contributed by atoms with E-state index in [2.05, 4.69) is 22.8 Å². The van der Waals surface area contributed by atoms with E-state index in [0.29, 0.717) is 19.0 Å². The van der Waals surface area contributed by atoms with Crippen LogP contribution in [0.2, 0.25) is 0 Å². The lowest BCUT2D eigenvalue weighted by Crippen LogP contribution is -2.49. The molecule has 27 heavy (non-hydrogen) atoms. The number of carbonyl (C=O) groups excluding carboxylic acids is 3. The van der Waals surface area contributed by atoms with Gasteiger partial charge in [0.05, 0.1) is 17.3 Å². The van der Waals surface area contributed by atoms with Crippen LogP contribution in [0.4, 0.5) is 0 Å². The van der Waals surface area contributed by atoms with E-state index in [1.54, 1.807) is 0 Å². The molecule has 148 valence electrons. The van der Waals surface area contributed by atoms with Crippen molar-refractivity contribution in [3.63, 3.8) is 0 Å². The molecule has 0 aromatic carbocycles. The molecule has 3 aliphatic carbocycles. The van der Waals surface area contributed by atoms with Gasteiger partial charge in [0.25, 0.3) is 0 Å². The molecule has 6 atom stereocenters. The summed E-state index contributed by atoms with van der Waals surface area (Å²) in [7, 11) is 0. The number of hydrogen-bond donors (Lipinski definition) is 2. The van der Waals surface area contributed by atoms with Crippen molar-refractivity contribution in [3.05, 3.63) is 12.2 Å². The zero-order valence-corrected chi connectivity index (χ0v) is 16.3. The number of amides is 3. The standard InChI is InChI=1S/C20H27N3O3.ClH/c24-17-15-12-4-5-13(9-12)16(15)18(25)23(17)8-7-22-19(26)20-6-2-1-3-14(20)10-21-11-20;/h4-5,12-16,21H,1-3,6-11H2,(H,22,26);1H/t12?,13?,14-,15?,16?,20+;/m0./s1. The van der Waals surface area contributed by atoms with E-state index in [1.165, 1.54) is 11.3 Å². The van der Waals surface area contributed by atoms with Gasteiger partial charge in [-0.25, -0.2) is 0 Å². The number of allylic oxidation sites excluding steroid dienone is 2. The summed E-state index contributed by atoms with van der Waals surface area (Å²) in [6, 6.07) is 0. The molecule has 0 radical (unpaired) electrons. The summed E-state index contributed by atoms with van der Waals surface area (Å²) >= 11 is 0. The third-order valence-electron chi connectivity index (χ3n) is 7.67. The highest BCUT2D eigenvalue weighted by Crippen LogP contribution is 2.52. The highest BCUT2D eigenvalue weighted by Gasteiger charge is 2.59. The van der Waals surface area contributed by atoms with Crippen LogP contribution in [-0.2, 0) is 14.4 Å². The molecule has 2 aliphatic heterocycles. The second-order valence-electron chi connectivity index (χ2n) is 8.81. The first kappa shape index (κ1) is 18.9. The van der Waals surface area contributed by atoms with Crippen molar-refractivity contribution in [3.8, 4) is 0 Å². The largest absolute Gasteiger partial charge is 0.354 e. The van der Waals surface area contributed by atoms with Crippen molar-refractivity contribution < 1.29 is 14.4 Å². The van der Waals surface area contributed by atoms with Crippen molar-refractivity contribution in [2.24, 2.45) is 35.0 Å². The summed E-state index contributed by atoms with van der Waals surface area (Å²) in [5.74, 6) is 0.673. The van der Waals surface area contributed by atoms with Crippen molar-refractivity contribution in [2.75, 3.05) is 26.2 Å². The molecule has 2 N–H and O–H groups in total. The van der Waals surface area contributed by atoms with Crippen molar-refractivity contribution >= 4 is 30.1 Å². The maximum absolute atomic E-state index is 12.9. The Bertz CT molecular complexity index is 666. The Morgan fingerprint density at radius 1 is 1.19 bits per heavy atom. The van der Waals surface area contributed by atoms with Crippen LogP contribution in [0.25, 0.3) is 0 Å². The first-order valence-corrected chi connectivity index (χ1v) is 10.1. The van der Waals surface area contributed by atoms with Crippen LogP contribution in [-0.4, -0.2) is 48.8 Å². The molecule has 5 aliphatic rings. The van der Waals surface area contributed by atoms with Crippen LogP contribution in [0.1, 0.15) is 32.1 Å². The van der Waals surface area contributed by atoms with Crippen molar-refractivity contribution in [1.29, 1.82) is 0 Å². The minimum atomic E-state index is -0.281. The monoisotopic (exact) mass is 393 g/mol. The van der Waals surface area contributed by atoms with E-state index in [0.717, 1.165) is 38.8 Å². The number of imide groups is 1. The molecule has 7 heteroatoms. The maximum atomic E-state index is 12.9. The molecule has 4 fully saturated rings. The molecule has 4 unspecified atom stereocenters. The van der Waals surface area contributed by atoms with Gasteiger partial charge in [-0.05, 0) is 43.6 Å². The van der Waals surface area contributed by atoms with Gasteiger partial charge in [-0.2, -0.15) is 0 Å². The summed E-state index contributed by atoms with van der Waals surface area (Å²) in [5, 5.41) is 6.43. The van der Waals surface area contributed by atoms with E-state index < -0.39 is 0 Å². The van der Waals surface area contributed by atoms with Crippen LogP contribution in [0.3, 0.4) is 0 Å². The zero-order chi connectivity index (χ0) is 17.9. The highest BCUT2D eigenvalue weighted by atomic mass is 35.5. The van der Waals surface area contributed by atoms with E-state index in [9.17, 15) is 14.4 Å². The minimum absolute atomic E-state index is 0. The number of likely N-dealkylation sites (tertiary alicyclic amines) is 1. The van der Waals surface area contributed by atoms with Gasteiger partial charge < -0.3 is 10.6 Å². The van der Waals surface area contributed by atoms with E-state index >= 15 is 0 Å². The number of hydrogen-bond acceptors (Lipinski definition) is 4. The molecular weight excluding hydrogens is 366 g/mol. The average molecular weight is 394 g/mol. The average Bonchev–Trinajstić information content (AvgIpc) is 3.40. The Hall–Kier alpha value is -1.40. The zero-order valence-electron chi connectivity index (χ0n) is 15.5. The Balaban J connectivity index is 0.00000180. The Labute approximate surface area is 165 Å². The molecule has 2 saturated carbocycles. The summed E-state index contributed by atoms with van der Waals surface area (Å²) in [6.07, 6.45) is 9.54. The summed E-state index contributed by atoms with van der Waals surface area (Å²) in [4.78, 5) is 39.7. The third-order valence-corrected chi connectivity index (χ3v) is 7.67. The molecule has 0 aromatic rings. The molecule has 3 amide bonds. The van der Waals surface area contributed by atoms with Crippen molar-refractivity contribution in [1.82, 2.24) is 15.5 Å². The van der Waals surface area contributed by atoms with Gasteiger partial charge in [-0.15, -0.1) is 12.4 Å². The predicted molar refractivity (Wildman–Crippen MR) is 102 cm³/mol. The molecule has 5 rings (SSSR count). The number of carbonyl (C=O) groups is 3. The molecule has 0 aromatic heterocycles. The fraction of sp³-hybridized carbons (Fsp3) is 0.750. The Morgan fingerprint density at radius 3 is 2.59 bits per heavy atom. The van der Waals surface area contributed by atoms with Crippen LogP contribution in [0.5, 0.6) is 0 Å². The number of rotatable bonds is 4. The third kappa shape index (κ3) is 2.67. The highest BCUT2D eigenvalue weighted by molar-refractivity contribution is 6.06. The molecule has 2 saturated heterocycles. The van der Waals surface area contributed by atoms with Crippen molar-refractivity contribution in [2.45, 2.75) is 32.1 Å². The maximum Gasteiger partial charge on any atom is 0.233 e. The van der Waals surface area contributed by atoms with Gasteiger partial charge >= 0.3 is 0 Å². The molecule has 2 heterocycles. The number of halogens is 1. The summed E-state index contributed by atoms with van der Waals surface area (Å²) < 4.78 is 0. The minimum Gasteiger partial charge on any atom is -0.354 e. The molecule has 6 nitrogen and oxygen atoms in total. The smallest absolute Gasteiger partial charge is 0.233 e. The van der Waals surface area contributed by atoms with E-state index in [4.69, 9.17) is 0 Å². The topological polar surface area (TPSA) is 78.5 Å². The van der Waals surface area contributed by atoms with Gasteiger partial charge in [-0.3, -0.25) is 19.3 Å². The lowest BCUT2D eigenvalue weighted by atomic mass is 9.67. The normalized spacial score (nSPS) is 41.5. The Kier molecular flexibility index (Phi) is 4.83. The number of nitrogens with zero attached hydrogens (tertiary/aromatic N) is 1. The van der Waals surface area contributed by atoms with Gasteiger partial charge in [0.1, 0.15) is 0 Å². The van der Waals surface area contributed by atoms with Crippen LogP contribution in [0.15, 0.2) is 12.2 Å². The summed E-state index contributed by atoms with van der Waals surface area (Å²) in [5.41, 5.74) is -0.281. The van der Waals surface area contributed by atoms with Gasteiger partial charge in [0.2, 0.25) is 17.7 Å². The lowest BCUT2D eigenvalue weighted by molar-refractivity contribution is -0.141. The molecular formula is C20H28ClN3O3. The van der Waals surface area contributed by atoms with Crippen LogP contribution in [0, 0.1) is 35.0 Å². The molecule has 2 bridgehead atoms. The van der Waals surface area contributed by atoms with E-state index in [-0.39, 0.29) is 59.2 Å². The van der Waals surface area contributed by atoms with Crippen LogP contribution < -0.4 is 10.6 Å². The van der Waals surface area contributed by atoms with E-state index in [1.807, 2.05) is 0 Å². The molecule has 0 spiro atoms. The fourth-order valence-electron chi connectivity index (χ4n) is 6.33. The van der Waals surface area contributed by atoms with Gasteiger partial charge in [-0.1, -0.05) is 25.0 Å². The van der Waals surface area contributed by atoms with Gasteiger partial charge in [0, 0.05) is 19.6 Å². The first-order valence-electron chi connectivity index (χ1n) is 10.1. The van der Waals surface area contributed by atoms with Crippen LogP contribution >= 0.6 is 12.4 Å². The predicted octanol–water partition coefficient (Wildman–Crippen LogP) is 1.11. The number of fused-ring (bicyclic) bond motifs is 6. The second-order valence-corrected chi connectivity index (χ2v) is 8.81. The second kappa shape index (κ2) is 6.89. The Morgan fingerprint density at radius 2 is 1.89 bits per heavy atom. The fourth-order valence-corrected chi connectivity index (χ4v) is 6.33. The first-order chi connectivity index (χ1) is 12.6. The summed E-state index contributed by atoms with van der Waals surface area (Å²) in [6.45, 7) is 2.36.